The van der Waals surface area contributed by atoms with Crippen LogP contribution in [0.4, 0.5) is 11.4 Å². The molecule has 3 N–H and O–H groups in total. The van der Waals surface area contributed by atoms with Crippen LogP contribution in [0.15, 0.2) is 23.6 Å². The van der Waals surface area contributed by atoms with E-state index in [-0.39, 0.29) is 11.8 Å². The predicted octanol–water partition coefficient (Wildman–Crippen LogP) is 2.30. The third kappa shape index (κ3) is 2.86. The van der Waals surface area contributed by atoms with Crippen molar-refractivity contribution in [2.45, 2.75) is 6.04 Å². The van der Waals surface area contributed by atoms with Crippen molar-refractivity contribution in [2.24, 2.45) is 0 Å². The number of rotatable bonds is 2. The summed E-state index contributed by atoms with van der Waals surface area (Å²) in [6.07, 6.45) is 1.57. The molecule has 1 aromatic carbocycles. The maximum absolute atomic E-state index is 11.2. The molecule has 0 saturated carbocycles. The van der Waals surface area contributed by atoms with E-state index in [9.17, 15) is 8.42 Å². The summed E-state index contributed by atoms with van der Waals surface area (Å²) in [5, 5.41) is 4.90. The molecular weight excluding hydrogens is 283 g/mol. The molecule has 17 heavy (non-hydrogen) atoms. The minimum absolute atomic E-state index is 0.00400. The second-order valence-corrected chi connectivity index (χ2v) is 6.51. The number of nitrogen functional groups attached to an aromatic ring is 1. The zero-order valence-corrected chi connectivity index (χ0v) is 11.0. The lowest BCUT2D eigenvalue weighted by Gasteiger charge is -2.15. The van der Waals surface area contributed by atoms with Crippen molar-refractivity contribution in [2.75, 3.05) is 16.8 Å². The topological polar surface area (TPSA) is 72.2 Å². The first-order chi connectivity index (χ1) is 7.87. The number of hydrogen-bond donors (Lipinski definition) is 2. The van der Waals surface area contributed by atoms with E-state index in [4.69, 9.17) is 28.9 Å². The third-order valence-electron chi connectivity index (χ3n) is 2.32. The van der Waals surface area contributed by atoms with Gasteiger partial charge in [0.1, 0.15) is 0 Å². The number of benzene rings is 1. The fraction of sp³-hybridized carbons (Fsp3) is 0.200. The Morgan fingerprint density at radius 3 is 2.35 bits per heavy atom. The number of sulfone groups is 1. The Balaban J connectivity index is 2.24. The lowest BCUT2D eigenvalue weighted by molar-refractivity contribution is 0.605. The Hall–Kier alpha value is -0.910. The molecule has 0 fully saturated rings. The molecule has 2 rings (SSSR count). The molecule has 0 radical (unpaired) electrons. The van der Waals surface area contributed by atoms with Crippen molar-refractivity contribution >= 4 is 44.4 Å². The van der Waals surface area contributed by atoms with Crippen LogP contribution >= 0.6 is 23.2 Å². The molecule has 1 aliphatic rings. The Kier molecular flexibility index (Phi) is 3.25. The minimum atomic E-state index is -3.10. The monoisotopic (exact) mass is 292 g/mol. The number of nitrogens with one attached hydrogen (secondary N) is 1. The van der Waals surface area contributed by atoms with Gasteiger partial charge in [0.05, 0.1) is 27.5 Å². The number of anilines is 2. The highest BCUT2D eigenvalue weighted by Gasteiger charge is 2.22. The lowest BCUT2D eigenvalue weighted by Crippen LogP contribution is -2.21. The smallest absolute Gasteiger partial charge is 0.173 e. The summed E-state index contributed by atoms with van der Waals surface area (Å²) in [6.45, 7) is 0. The molecule has 0 spiro atoms. The van der Waals surface area contributed by atoms with E-state index in [2.05, 4.69) is 5.32 Å². The second kappa shape index (κ2) is 4.40. The Morgan fingerprint density at radius 1 is 1.29 bits per heavy atom. The predicted molar refractivity (Wildman–Crippen MR) is 71.2 cm³/mol. The van der Waals surface area contributed by atoms with Gasteiger partial charge < -0.3 is 11.1 Å². The normalized spacial score (nSPS) is 21.6. The van der Waals surface area contributed by atoms with E-state index >= 15 is 0 Å². The zero-order valence-electron chi connectivity index (χ0n) is 8.65. The molecular formula is C10H10Cl2N2O2S. The van der Waals surface area contributed by atoms with Gasteiger partial charge in [-0.25, -0.2) is 8.42 Å². The standard InChI is InChI=1S/C10H10Cl2N2O2S/c11-8-3-6(13)4-9(12)10(8)14-7-1-2-17(15,16)5-7/h1-4,7,14H,5,13H2. The summed E-state index contributed by atoms with van der Waals surface area (Å²) in [4.78, 5) is 0. The molecule has 7 heteroatoms. The summed E-state index contributed by atoms with van der Waals surface area (Å²) in [7, 11) is -3.10. The highest BCUT2D eigenvalue weighted by atomic mass is 35.5. The maximum atomic E-state index is 11.2. The van der Waals surface area contributed by atoms with Gasteiger partial charge in [-0.1, -0.05) is 29.3 Å². The Labute approximate surface area is 109 Å². The van der Waals surface area contributed by atoms with Crippen LogP contribution in [0, 0.1) is 0 Å². The zero-order chi connectivity index (χ0) is 12.6. The van der Waals surface area contributed by atoms with E-state index in [1.165, 1.54) is 5.41 Å². The van der Waals surface area contributed by atoms with E-state index in [1.807, 2.05) is 0 Å². The van der Waals surface area contributed by atoms with Crippen molar-refractivity contribution in [1.29, 1.82) is 0 Å². The highest BCUT2D eigenvalue weighted by Crippen LogP contribution is 2.33. The van der Waals surface area contributed by atoms with E-state index in [1.54, 1.807) is 18.2 Å². The molecule has 0 aromatic heterocycles. The highest BCUT2D eigenvalue weighted by molar-refractivity contribution is 7.94. The first-order valence-electron chi connectivity index (χ1n) is 4.79. The molecule has 0 bridgehead atoms. The summed E-state index contributed by atoms with van der Waals surface area (Å²) in [5.74, 6) is 0.00400. The molecule has 1 unspecified atom stereocenters. The fourth-order valence-corrected chi connectivity index (χ4v) is 3.43. The van der Waals surface area contributed by atoms with Crippen LogP contribution in [0.3, 0.4) is 0 Å². The summed E-state index contributed by atoms with van der Waals surface area (Å²) < 4.78 is 22.5. The van der Waals surface area contributed by atoms with Crippen molar-refractivity contribution in [1.82, 2.24) is 0 Å². The summed E-state index contributed by atoms with van der Waals surface area (Å²) >= 11 is 12.0. The van der Waals surface area contributed by atoms with Crippen molar-refractivity contribution < 1.29 is 8.42 Å². The SMILES string of the molecule is Nc1cc(Cl)c(NC2C=CS(=O)(=O)C2)c(Cl)c1. The van der Waals surface area contributed by atoms with Gasteiger partial charge in [-0.2, -0.15) is 0 Å². The van der Waals surface area contributed by atoms with Gasteiger partial charge >= 0.3 is 0 Å². The van der Waals surface area contributed by atoms with Gasteiger partial charge in [0, 0.05) is 11.1 Å². The van der Waals surface area contributed by atoms with Gasteiger partial charge in [0.15, 0.2) is 9.84 Å². The third-order valence-corrected chi connectivity index (χ3v) is 4.32. The summed E-state index contributed by atoms with van der Waals surface area (Å²) in [6, 6.07) is 2.80. The van der Waals surface area contributed by atoms with Crippen LogP contribution in [0.1, 0.15) is 0 Å². The van der Waals surface area contributed by atoms with Crippen LogP contribution in [-0.4, -0.2) is 20.2 Å². The number of halogens is 2. The van der Waals surface area contributed by atoms with Crippen molar-refractivity contribution in [3.05, 3.63) is 33.7 Å². The van der Waals surface area contributed by atoms with E-state index in [0.29, 0.717) is 21.4 Å². The van der Waals surface area contributed by atoms with Crippen molar-refractivity contribution in [3.8, 4) is 0 Å². The molecule has 92 valence electrons. The molecule has 1 heterocycles. The molecule has 1 atom stereocenters. The minimum Gasteiger partial charge on any atom is -0.399 e. The average molecular weight is 293 g/mol. The molecule has 0 amide bonds. The summed E-state index contributed by atoms with van der Waals surface area (Å²) in [5.41, 5.74) is 6.53. The number of hydrogen-bond acceptors (Lipinski definition) is 4. The van der Waals surface area contributed by atoms with E-state index < -0.39 is 9.84 Å². The van der Waals surface area contributed by atoms with Gasteiger partial charge in [0.2, 0.25) is 0 Å². The molecule has 1 aromatic rings. The first-order valence-corrected chi connectivity index (χ1v) is 7.26. The number of nitrogens with two attached hydrogens (primary N) is 1. The van der Waals surface area contributed by atoms with Crippen molar-refractivity contribution in [3.63, 3.8) is 0 Å². The van der Waals surface area contributed by atoms with Crippen LogP contribution < -0.4 is 11.1 Å². The van der Waals surface area contributed by atoms with Gasteiger partial charge in [-0.15, -0.1) is 0 Å². The average Bonchev–Trinajstić information content (AvgIpc) is 2.52. The van der Waals surface area contributed by atoms with Gasteiger partial charge in [-0.05, 0) is 12.1 Å². The van der Waals surface area contributed by atoms with Gasteiger partial charge in [-0.3, -0.25) is 0 Å². The largest absolute Gasteiger partial charge is 0.399 e. The van der Waals surface area contributed by atoms with Crippen LogP contribution in [-0.2, 0) is 9.84 Å². The van der Waals surface area contributed by atoms with Crippen LogP contribution in [0.5, 0.6) is 0 Å². The molecule has 1 aliphatic heterocycles. The second-order valence-electron chi connectivity index (χ2n) is 3.77. The van der Waals surface area contributed by atoms with Crippen LogP contribution in [0.25, 0.3) is 0 Å². The lowest BCUT2D eigenvalue weighted by atomic mass is 10.2. The molecule has 4 nitrogen and oxygen atoms in total. The first kappa shape index (κ1) is 12.5. The maximum Gasteiger partial charge on any atom is 0.173 e. The van der Waals surface area contributed by atoms with Gasteiger partial charge in [0.25, 0.3) is 0 Å². The Morgan fingerprint density at radius 2 is 1.88 bits per heavy atom. The molecule has 0 aliphatic carbocycles. The Bertz CT molecular complexity index is 561. The fourth-order valence-electron chi connectivity index (χ4n) is 1.58. The quantitative estimate of drug-likeness (QED) is 0.821. The molecule has 0 saturated heterocycles. The van der Waals surface area contributed by atoms with Crippen LogP contribution in [0.2, 0.25) is 10.0 Å². The van der Waals surface area contributed by atoms with E-state index in [0.717, 1.165) is 0 Å².